The summed E-state index contributed by atoms with van der Waals surface area (Å²) in [7, 11) is 0. The number of hydrogen-bond donors (Lipinski definition) is 4. The molecule has 0 spiro atoms. The lowest BCUT2D eigenvalue weighted by atomic mass is 9.83. The summed E-state index contributed by atoms with van der Waals surface area (Å²) in [5.41, 5.74) is 7.49. The van der Waals surface area contributed by atoms with Crippen molar-refractivity contribution in [3.05, 3.63) is 35.9 Å². The van der Waals surface area contributed by atoms with Gasteiger partial charge in [0.2, 0.25) is 0 Å². The van der Waals surface area contributed by atoms with E-state index in [-0.39, 0.29) is 42.5 Å². The summed E-state index contributed by atoms with van der Waals surface area (Å²) in [6.07, 6.45) is 1.93. The van der Waals surface area contributed by atoms with Crippen LogP contribution in [0.15, 0.2) is 30.3 Å². The Morgan fingerprint density at radius 3 is 2.53 bits per heavy atom. The molecule has 0 amide bonds. The first-order valence-corrected chi connectivity index (χ1v) is 10.6. The smallest absolute Gasteiger partial charge is 0.316 e. The number of hydrogen-bond acceptors (Lipinski definition) is 8. The highest BCUT2D eigenvalue weighted by atomic mass is 16.5. The van der Waals surface area contributed by atoms with Crippen LogP contribution < -0.4 is 16.4 Å². The van der Waals surface area contributed by atoms with Crippen LogP contribution in [0.3, 0.4) is 0 Å². The van der Waals surface area contributed by atoms with Gasteiger partial charge in [-0.15, -0.1) is 0 Å². The van der Waals surface area contributed by atoms with E-state index in [0.717, 1.165) is 18.4 Å². The van der Waals surface area contributed by atoms with Crippen molar-refractivity contribution in [3.8, 4) is 0 Å². The molecule has 1 aliphatic heterocycles. The summed E-state index contributed by atoms with van der Waals surface area (Å²) in [5.74, 6) is -1.61. The van der Waals surface area contributed by atoms with Crippen LogP contribution in [-0.4, -0.2) is 48.5 Å². The number of nitrogens with two attached hydrogens (primary N) is 1. The molecule has 1 heterocycles. The van der Waals surface area contributed by atoms with E-state index in [2.05, 4.69) is 10.6 Å². The highest BCUT2D eigenvalue weighted by Crippen LogP contribution is 2.30. The lowest BCUT2D eigenvalue weighted by Gasteiger charge is -2.29. The third-order valence-corrected chi connectivity index (χ3v) is 5.97. The lowest BCUT2D eigenvalue weighted by molar-refractivity contribution is -0.149. The Labute approximate surface area is 177 Å². The molecule has 8 heteroatoms. The molecule has 2 aliphatic rings. The minimum Gasteiger partial charge on any atom is -0.466 e. The van der Waals surface area contributed by atoms with Crippen LogP contribution in [0, 0.1) is 17.2 Å². The van der Waals surface area contributed by atoms with E-state index in [9.17, 15) is 9.59 Å². The molecule has 1 saturated carbocycles. The number of carbonyl (C=O) groups excluding carboxylic acids is 2. The SMILES string of the molecule is CCOC(=O)C1CCC2NC(C(N)C(C(C)=N)C(=O)OCc3ccccc3)NC2C1. The first kappa shape index (κ1) is 22.4. The highest BCUT2D eigenvalue weighted by Gasteiger charge is 2.45. The fourth-order valence-electron chi connectivity index (χ4n) is 4.39. The molecule has 6 atom stereocenters. The number of fused-ring (bicyclic) bond motifs is 1. The zero-order valence-corrected chi connectivity index (χ0v) is 17.6. The van der Waals surface area contributed by atoms with Crippen molar-refractivity contribution in [2.45, 2.75) is 64.0 Å². The molecule has 164 valence electrons. The predicted molar refractivity (Wildman–Crippen MR) is 113 cm³/mol. The Morgan fingerprint density at radius 2 is 1.87 bits per heavy atom. The standard InChI is InChI=1S/C22H32N4O4/c1-3-29-21(27)15-9-10-16-17(11-15)26-20(25-16)19(24)18(13(2)23)22(28)30-12-14-7-5-4-6-8-14/h4-8,15-20,23,25-26H,3,9-12,24H2,1-2H3. The average Bonchev–Trinajstić information content (AvgIpc) is 3.16. The van der Waals surface area contributed by atoms with E-state index in [0.29, 0.717) is 13.0 Å². The molecule has 1 aromatic rings. The molecule has 30 heavy (non-hydrogen) atoms. The van der Waals surface area contributed by atoms with Crippen LogP contribution in [0.4, 0.5) is 0 Å². The molecule has 8 nitrogen and oxygen atoms in total. The quantitative estimate of drug-likeness (QED) is 0.372. The monoisotopic (exact) mass is 416 g/mol. The van der Waals surface area contributed by atoms with Gasteiger partial charge in [0.15, 0.2) is 0 Å². The van der Waals surface area contributed by atoms with Crippen LogP contribution >= 0.6 is 0 Å². The van der Waals surface area contributed by atoms with Gasteiger partial charge in [-0.1, -0.05) is 30.3 Å². The van der Waals surface area contributed by atoms with Gasteiger partial charge in [0.05, 0.1) is 24.7 Å². The zero-order chi connectivity index (χ0) is 21.7. The molecule has 1 saturated heterocycles. The number of nitrogens with one attached hydrogen (secondary N) is 3. The Bertz CT molecular complexity index is 757. The van der Waals surface area contributed by atoms with Gasteiger partial charge in [-0.25, -0.2) is 0 Å². The summed E-state index contributed by atoms with van der Waals surface area (Å²) >= 11 is 0. The van der Waals surface area contributed by atoms with Crippen LogP contribution in [0.25, 0.3) is 0 Å². The number of ether oxygens (including phenoxy) is 2. The second kappa shape index (κ2) is 10.1. The predicted octanol–water partition coefficient (Wildman–Crippen LogP) is 1.33. The Morgan fingerprint density at radius 1 is 1.17 bits per heavy atom. The largest absolute Gasteiger partial charge is 0.466 e. The Hall–Kier alpha value is -2.29. The van der Waals surface area contributed by atoms with E-state index in [1.807, 2.05) is 37.3 Å². The van der Waals surface area contributed by atoms with E-state index in [1.165, 1.54) is 0 Å². The third kappa shape index (κ3) is 5.24. The fraction of sp³-hybridized carbons (Fsp3) is 0.591. The molecule has 0 aromatic heterocycles. The molecule has 3 rings (SSSR count). The summed E-state index contributed by atoms with van der Waals surface area (Å²) in [6, 6.07) is 9.02. The minimum atomic E-state index is -0.847. The molecule has 5 N–H and O–H groups in total. The topological polar surface area (TPSA) is 127 Å². The minimum absolute atomic E-state index is 0.0798. The maximum absolute atomic E-state index is 12.7. The van der Waals surface area contributed by atoms with E-state index < -0.39 is 17.9 Å². The fourth-order valence-corrected chi connectivity index (χ4v) is 4.39. The first-order chi connectivity index (χ1) is 14.4. The normalized spacial score (nSPS) is 27.6. The maximum atomic E-state index is 12.7. The van der Waals surface area contributed by atoms with Gasteiger partial charge >= 0.3 is 11.9 Å². The van der Waals surface area contributed by atoms with E-state index in [4.69, 9.17) is 20.6 Å². The second-order valence-electron chi connectivity index (χ2n) is 8.12. The molecule has 1 aromatic carbocycles. The second-order valence-corrected chi connectivity index (χ2v) is 8.12. The Kier molecular flexibility index (Phi) is 7.58. The van der Waals surface area contributed by atoms with Crippen LogP contribution in [0.5, 0.6) is 0 Å². The third-order valence-electron chi connectivity index (χ3n) is 5.97. The van der Waals surface area contributed by atoms with Crippen molar-refractivity contribution in [1.82, 2.24) is 10.6 Å². The van der Waals surface area contributed by atoms with Crippen molar-refractivity contribution in [2.75, 3.05) is 6.61 Å². The van der Waals surface area contributed by atoms with Crippen LogP contribution in [0.1, 0.15) is 38.7 Å². The summed E-state index contributed by atoms with van der Waals surface area (Å²) in [6.45, 7) is 3.92. The van der Waals surface area contributed by atoms with Crippen LogP contribution in [-0.2, 0) is 25.7 Å². The molecule has 1 aliphatic carbocycles. The zero-order valence-electron chi connectivity index (χ0n) is 17.6. The van der Waals surface area contributed by atoms with Gasteiger partial charge in [-0.3, -0.25) is 20.2 Å². The van der Waals surface area contributed by atoms with Gasteiger partial charge in [-0.05, 0) is 38.7 Å². The van der Waals surface area contributed by atoms with Gasteiger partial charge in [0.1, 0.15) is 12.5 Å². The molecule has 0 radical (unpaired) electrons. The average molecular weight is 417 g/mol. The molecular weight excluding hydrogens is 384 g/mol. The lowest BCUT2D eigenvalue weighted by Crippen LogP contribution is -2.56. The first-order valence-electron chi connectivity index (χ1n) is 10.6. The molecule has 6 unspecified atom stereocenters. The van der Waals surface area contributed by atoms with E-state index in [1.54, 1.807) is 6.92 Å². The molecule has 2 fully saturated rings. The van der Waals surface area contributed by atoms with Gasteiger partial charge in [0.25, 0.3) is 0 Å². The van der Waals surface area contributed by atoms with Gasteiger partial charge in [0, 0.05) is 17.8 Å². The van der Waals surface area contributed by atoms with E-state index >= 15 is 0 Å². The van der Waals surface area contributed by atoms with Crippen molar-refractivity contribution in [1.29, 1.82) is 5.41 Å². The summed E-state index contributed by atoms with van der Waals surface area (Å²) in [4.78, 5) is 24.8. The number of esters is 2. The number of carbonyl (C=O) groups is 2. The maximum Gasteiger partial charge on any atom is 0.316 e. The van der Waals surface area contributed by atoms with Crippen molar-refractivity contribution >= 4 is 17.7 Å². The van der Waals surface area contributed by atoms with Crippen molar-refractivity contribution in [3.63, 3.8) is 0 Å². The number of benzene rings is 1. The Balaban J connectivity index is 1.59. The summed E-state index contributed by atoms with van der Waals surface area (Å²) < 4.78 is 10.6. The molecule has 0 bridgehead atoms. The van der Waals surface area contributed by atoms with Gasteiger partial charge < -0.3 is 20.6 Å². The highest BCUT2D eigenvalue weighted by molar-refractivity contribution is 6.00. The van der Waals surface area contributed by atoms with Crippen molar-refractivity contribution in [2.24, 2.45) is 17.6 Å². The van der Waals surface area contributed by atoms with Gasteiger partial charge in [-0.2, -0.15) is 0 Å². The van der Waals surface area contributed by atoms with Crippen molar-refractivity contribution < 1.29 is 19.1 Å². The molecular formula is C22H32N4O4. The number of rotatable bonds is 8. The van der Waals surface area contributed by atoms with Crippen LogP contribution in [0.2, 0.25) is 0 Å². The summed E-state index contributed by atoms with van der Waals surface area (Å²) in [5, 5.41) is 15.0.